The van der Waals surface area contributed by atoms with Crippen LogP contribution < -0.4 is 24.3 Å². The summed E-state index contributed by atoms with van der Waals surface area (Å²) in [6.45, 7) is 0.443. The van der Waals surface area contributed by atoms with Crippen LogP contribution in [-0.2, 0) is 16.0 Å². The van der Waals surface area contributed by atoms with E-state index in [1.54, 1.807) is 38.5 Å². The van der Waals surface area contributed by atoms with E-state index in [1.807, 2.05) is 12.1 Å². The minimum Gasteiger partial charge on any atom is -0.493 e. The fraction of sp³-hybridized carbons (Fsp3) is 0.227. The van der Waals surface area contributed by atoms with Gasteiger partial charge in [-0.05, 0) is 60.1 Å². The van der Waals surface area contributed by atoms with Gasteiger partial charge in [-0.15, -0.1) is 0 Å². The monoisotopic (exact) mass is 440 g/mol. The van der Waals surface area contributed by atoms with Crippen LogP contribution in [-0.4, -0.2) is 49.4 Å². The highest BCUT2D eigenvalue weighted by molar-refractivity contribution is 7.80. The van der Waals surface area contributed by atoms with E-state index in [1.165, 1.54) is 11.0 Å². The van der Waals surface area contributed by atoms with Crippen molar-refractivity contribution in [3.8, 4) is 23.0 Å². The summed E-state index contributed by atoms with van der Waals surface area (Å²) in [6.07, 6.45) is 2.03. The van der Waals surface area contributed by atoms with Crippen molar-refractivity contribution in [3.63, 3.8) is 0 Å². The summed E-state index contributed by atoms with van der Waals surface area (Å²) in [7, 11) is 3.13. The average molecular weight is 440 g/mol. The highest BCUT2D eigenvalue weighted by Crippen LogP contribution is 2.33. The van der Waals surface area contributed by atoms with Crippen molar-refractivity contribution in [2.75, 3.05) is 27.6 Å². The van der Waals surface area contributed by atoms with Crippen LogP contribution in [0.4, 0.5) is 0 Å². The Labute approximate surface area is 184 Å². The third-order valence-corrected chi connectivity index (χ3v) is 5.29. The second kappa shape index (κ2) is 8.65. The Hall–Kier alpha value is -3.59. The first-order valence-electron chi connectivity index (χ1n) is 9.49. The molecule has 0 saturated carbocycles. The number of benzene rings is 2. The number of hydrogen-bond acceptors (Lipinski definition) is 7. The summed E-state index contributed by atoms with van der Waals surface area (Å²) in [5.74, 6) is 1.43. The summed E-state index contributed by atoms with van der Waals surface area (Å²) in [6, 6.07) is 10.7. The van der Waals surface area contributed by atoms with E-state index in [0.29, 0.717) is 41.5 Å². The van der Waals surface area contributed by atoms with Gasteiger partial charge >= 0.3 is 0 Å². The Balaban J connectivity index is 1.53. The number of hydrogen-bond donors (Lipinski definition) is 1. The van der Waals surface area contributed by atoms with Crippen LogP contribution in [0.5, 0.6) is 23.0 Å². The van der Waals surface area contributed by atoms with Crippen molar-refractivity contribution in [1.82, 2.24) is 10.2 Å². The summed E-state index contributed by atoms with van der Waals surface area (Å²) >= 11 is 5.23. The van der Waals surface area contributed by atoms with Gasteiger partial charge in [-0.25, -0.2) is 0 Å². The molecule has 0 radical (unpaired) electrons. The maximum absolute atomic E-state index is 13.0. The number of methoxy groups -OCH3 is 2. The Kier molecular flexibility index (Phi) is 5.77. The zero-order valence-electron chi connectivity index (χ0n) is 17.0. The van der Waals surface area contributed by atoms with Gasteiger partial charge in [0.05, 0.1) is 14.2 Å². The molecule has 9 heteroatoms. The molecule has 2 aromatic rings. The molecule has 0 atom stereocenters. The van der Waals surface area contributed by atoms with Crippen molar-refractivity contribution in [2.24, 2.45) is 0 Å². The fourth-order valence-corrected chi connectivity index (χ4v) is 3.61. The first kappa shape index (κ1) is 20.7. The summed E-state index contributed by atoms with van der Waals surface area (Å²) in [5, 5.41) is 2.67. The number of carbonyl (C=O) groups excluding carboxylic acids is 2. The average Bonchev–Trinajstić information content (AvgIpc) is 3.24. The molecule has 0 aromatic heterocycles. The van der Waals surface area contributed by atoms with Crippen molar-refractivity contribution in [2.45, 2.75) is 6.42 Å². The summed E-state index contributed by atoms with van der Waals surface area (Å²) < 4.78 is 21.2. The molecule has 1 N–H and O–H groups in total. The van der Waals surface area contributed by atoms with Gasteiger partial charge in [0, 0.05) is 6.54 Å². The lowest BCUT2D eigenvalue weighted by molar-refractivity contribution is -0.128. The first-order valence-corrected chi connectivity index (χ1v) is 9.90. The SMILES string of the molecule is COc1ccc(CCN2C(=O)C(=Cc3ccc4c(c3)OCO4)C(=O)NC2=S)cc1OC. The molecule has 0 unspecified atom stereocenters. The molecule has 0 bridgehead atoms. The highest BCUT2D eigenvalue weighted by atomic mass is 32.1. The molecule has 2 aliphatic rings. The number of rotatable bonds is 6. The normalized spacial score (nSPS) is 16.5. The second-order valence-corrected chi connectivity index (χ2v) is 7.21. The molecule has 31 heavy (non-hydrogen) atoms. The van der Waals surface area contributed by atoms with Crippen LogP contribution in [0, 0.1) is 0 Å². The van der Waals surface area contributed by atoms with Gasteiger partial charge in [0.25, 0.3) is 11.8 Å². The van der Waals surface area contributed by atoms with Crippen LogP contribution >= 0.6 is 12.2 Å². The molecule has 0 spiro atoms. The van der Waals surface area contributed by atoms with E-state index in [2.05, 4.69) is 5.32 Å². The van der Waals surface area contributed by atoms with Crippen LogP contribution in [0.15, 0.2) is 42.0 Å². The first-order chi connectivity index (χ1) is 15.0. The number of nitrogens with zero attached hydrogens (tertiary/aromatic N) is 1. The maximum atomic E-state index is 13.0. The van der Waals surface area contributed by atoms with E-state index >= 15 is 0 Å². The molecular formula is C22H20N2O6S. The van der Waals surface area contributed by atoms with E-state index in [0.717, 1.165) is 5.56 Å². The molecule has 160 valence electrons. The summed E-state index contributed by atoms with van der Waals surface area (Å²) in [4.78, 5) is 26.8. The number of nitrogens with one attached hydrogen (secondary N) is 1. The van der Waals surface area contributed by atoms with Crippen molar-refractivity contribution >= 4 is 35.2 Å². The molecule has 1 saturated heterocycles. The lowest BCUT2D eigenvalue weighted by Crippen LogP contribution is -2.54. The van der Waals surface area contributed by atoms with Crippen LogP contribution in [0.2, 0.25) is 0 Å². The third-order valence-electron chi connectivity index (χ3n) is 4.97. The van der Waals surface area contributed by atoms with Crippen LogP contribution in [0.25, 0.3) is 6.08 Å². The smallest absolute Gasteiger partial charge is 0.265 e. The van der Waals surface area contributed by atoms with Crippen LogP contribution in [0.3, 0.4) is 0 Å². The standard InChI is InChI=1S/C22H20N2O6S/c1-27-16-5-3-13(10-18(16)28-2)7-8-24-21(26)15(20(25)23-22(24)31)9-14-4-6-17-19(11-14)30-12-29-17/h3-6,9-11H,7-8,12H2,1-2H3,(H,23,25,31). The van der Waals surface area contributed by atoms with Gasteiger partial charge in [0.1, 0.15) is 5.57 Å². The van der Waals surface area contributed by atoms with Crippen molar-refractivity contribution < 1.29 is 28.5 Å². The van der Waals surface area contributed by atoms with Gasteiger partial charge in [0.2, 0.25) is 6.79 Å². The lowest BCUT2D eigenvalue weighted by atomic mass is 10.1. The Morgan fingerprint density at radius 2 is 1.84 bits per heavy atom. The minimum atomic E-state index is -0.532. The lowest BCUT2D eigenvalue weighted by Gasteiger charge is -2.29. The highest BCUT2D eigenvalue weighted by Gasteiger charge is 2.33. The van der Waals surface area contributed by atoms with E-state index in [4.69, 9.17) is 31.2 Å². The molecule has 2 aliphatic heterocycles. The predicted molar refractivity (Wildman–Crippen MR) is 116 cm³/mol. The molecular weight excluding hydrogens is 420 g/mol. The fourth-order valence-electron chi connectivity index (χ4n) is 3.34. The Bertz CT molecular complexity index is 1100. The summed E-state index contributed by atoms with van der Waals surface area (Å²) in [5.41, 5.74) is 1.58. The number of ether oxygens (including phenoxy) is 4. The number of carbonyl (C=O) groups is 2. The Morgan fingerprint density at radius 1 is 1.06 bits per heavy atom. The van der Waals surface area contributed by atoms with Gasteiger partial charge in [0.15, 0.2) is 28.1 Å². The van der Waals surface area contributed by atoms with E-state index < -0.39 is 11.8 Å². The molecule has 4 rings (SSSR count). The van der Waals surface area contributed by atoms with E-state index in [9.17, 15) is 9.59 Å². The molecule has 2 aromatic carbocycles. The number of fused-ring (bicyclic) bond motifs is 1. The van der Waals surface area contributed by atoms with Gasteiger partial charge in [-0.1, -0.05) is 12.1 Å². The third kappa shape index (κ3) is 4.17. The second-order valence-electron chi connectivity index (χ2n) is 6.83. The van der Waals surface area contributed by atoms with E-state index in [-0.39, 0.29) is 17.5 Å². The number of amides is 2. The topological polar surface area (TPSA) is 86.3 Å². The van der Waals surface area contributed by atoms with Gasteiger partial charge in [-0.3, -0.25) is 19.8 Å². The van der Waals surface area contributed by atoms with Gasteiger partial charge < -0.3 is 18.9 Å². The van der Waals surface area contributed by atoms with Crippen molar-refractivity contribution in [1.29, 1.82) is 0 Å². The molecule has 0 aliphatic carbocycles. The van der Waals surface area contributed by atoms with Crippen LogP contribution in [0.1, 0.15) is 11.1 Å². The predicted octanol–water partition coefficient (Wildman–Crippen LogP) is 2.30. The zero-order valence-corrected chi connectivity index (χ0v) is 17.8. The number of thiocarbonyl (C=S) groups is 1. The zero-order chi connectivity index (χ0) is 22.0. The minimum absolute atomic E-state index is 0.000207. The Morgan fingerprint density at radius 3 is 2.61 bits per heavy atom. The molecule has 2 amide bonds. The van der Waals surface area contributed by atoms with Gasteiger partial charge in [-0.2, -0.15) is 0 Å². The quantitative estimate of drug-likeness (QED) is 0.419. The largest absolute Gasteiger partial charge is 0.493 e. The molecule has 2 heterocycles. The van der Waals surface area contributed by atoms with Crippen molar-refractivity contribution in [3.05, 3.63) is 53.1 Å². The maximum Gasteiger partial charge on any atom is 0.265 e. The molecule has 1 fully saturated rings. The molecule has 8 nitrogen and oxygen atoms in total.